The van der Waals surface area contributed by atoms with Gasteiger partial charge in [0.25, 0.3) is 0 Å². The van der Waals surface area contributed by atoms with E-state index in [4.69, 9.17) is 4.74 Å². The molecule has 0 atom stereocenters. The van der Waals surface area contributed by atoms with Crippen molar-refractivity contribution in [1.29, 1.82) is 0 Å². The number of alkyl halides is 5. The van der Waals surface area contributed by atoms with Gasteiger partial charge in [-0.3, -0.25) is 0 Å². The lowest BCUT2D eigenvalue weighted by molar-refractivity contribution is -0.204. The molecule has 0 radical (unpaired) electrons. The first-order chi connectivity index (χ1) is 9.66. The molecule has 9 heteroatoms. The van der Waals surface area contributed by atoms with Crippen molar-refractivity contribution in [2.75, 3.05) is 6.61 Å². The maximum atomic E-state index is 13.4. The number of esters is 2. The molecule has 0 aromatic heterocycles. The Labute approximate surface area is 124 Å². The monoisotopic (exact) mass is 332 g/mol. The van der Waals surface area contributed by atoms with Crippen molar-refractivity contribution in [2.45, 2.75) is 51.3 Å². The Morgan fingerprint density at radius 3 is 1.95 bits per heavy atom. The lowest BCUT2D eigenvalue weighted by atomic mass is 9.99. The van der Waals surface area contributed by atoms with Gasteiger partial charge in [-0.1, -0.05) is 6.58 Å². The van der Waals surface area contributed by atoms with Crippen molar-refractivity contribution >= 4 is 11.9 Å². The maximum absolute atomic E-state index is 13.4. The third kappa shape index (κ3) is 7.94. The summed E-state index contributed by atoms with van der Waals surface area (Å²) in [6.45, 7) is 5.24. The van der Waals surface area contributed by atoms with Crippen LogP contribution in [0.15, 0.2) is 12.2 Å². The van der Waals surface area contributed by atoms with Gasteiger partial charge in [-0.15, -0.1) is 0 Å². The minimum absolute atomic E-state index is 0.0597. The van der Waals surface area contributed by atoms with Crippen molar-refractivity contribution in [1.82, 2.24) is 0 Å². The van der Waals surface area contributed by atoms with Crippen molar-refractivity contribution in [3.8, 4) is 0 Å². The van der Waals surface area contributed by atoms with Crippen LogP contribution in [0, 0.1) is 0 Å². The van der Waals surface area contributed by atoms with Crippen LogP contribution in [-0.2, 0) is 19.1 Å². The van der Waals surface area contributed by atoms with E-state index in [0.29, 0.717) is 0 Å². The first-order valence-electron chi connectivity index (χ1n) is 6.17. The largest absolute Gasteiger partial charge is 0.456 e. The zero-order chi connectivity index (χ0) is 17.8. The van der Waals surface area contributed by atoms with E-state index >= 15 is 0 Å². The molecule has 0 amide bonds. The summed E-state index contributed by atoms with van der Waals surface area (Å²) < 4.78 is 70.7. The van der Waals surface area contributed by atoms with Crippen molar-refractivity contribution in [2.24, 2.45) is 0 Å². The van der Waals surface area contributed by atoms with Crippen LogP contribution < -0.4 is 0 Å². The van der Waals surface area contributed by atoms with E-state index in [1.165, 1.54) is 20.8 Å². The number of hydrogen-bond donors (Lipinski definition) is 0. The van der Waals surface area contributed by atoms with Gasteiger partial charge < -0.3 is 9.47 Å². The highest BCUT2D eigenvalue weighted by molar-refractivity contribution is 5.87. The summed E-state index contributed by atoms with van der Waals surface area (Å²) in [5.41, 5.74) is -1.28. The molecule has 0 bridgehead atoms. The standard InChI is InChI=1S/C13H17F5O4/c1-8(2)9(19)22-11(3,4)5-6-12(14,15)10(20)21-7-13(16,17)18/h1,5-7H2,2-4H3. The number of ether oxygens (including phenoxy) is 2. The zero-order valence-corrected chi connectivity index (χ0v) is 12.4. The first kappa shape index (κ1) is 20.3. The molecule has 0 aromatic rings. The predicted octanol–water partition coefficient (Wildman–Crippen LogP) is 3.41. The van der Waals surface area contributed by atoms with Crippen molar-refractivity contribution in [3.05, 3.63) is 12.2 Å². The molecule has 0 saturated carbocycles. The molecule has 0 saturated heterocycles. The molecule has 0 rings (SSSR count). The fourth-order valence-corrected chi connectivity index (χ4v) is 1.20. The summed E-state index contributed by atoms with van der Waals surface area (Å²) in [4.78, 5) is 22.3. The molecular formula is C13H17F5O4. The fraction of sp³-hybridized carbons (Fsp3) is 0.692. The van der Waals surface area contributed by atoms with Crippen LogP contribution in [0.1, 0.15) is 33.6 Å². The number of carbonyl (C=O) groups excluding carboxylic acids is 2. The summed E-state index contributed by atoms with van der Waals surface area (Å²) in [6, 6.07) is 0. The van der Waals surface area contributed by atoms with Crippen LogP contribution in [0.4, 0.5) is 22.0 Å². The summed E-state index contributed by atoms with van der Waals surface area (Å²) in [5.74, 6) is -7.18. The summed E-state index contributed by atoms with van der Waals surface area (Å²) in [7, 11) is 0. The van der Waals surface area contributed by atoms with Crippen LogP contribution in [0.2, 0.25) is 0 Å². The maximum Gasteiger partial charge on any atom is 0.422 e. The molecule has 0 aliphatic carbocycles. The minimum Gasteiger partial charge on any atom is -0.456 e. The summed E-state index contributed by atoms with van der Waals surface area (Å²) in [5, 5.41) is 0. The van der Waals surface area contributed by atoms with Gasteiger partial charge in [-0.05, 0) is 27.2 Å². The van der Waals surface area contributed by atoms with E-state index in [1.54, 1.807) is 0 Å². The predicted molar refractivity (Wildman–Crippen MR) is 66.2 cm³/mol. The Morgan fingerprint density at radius 2 is 1.55 bits per heavy atom. The average Bonchev–Trinajstić information content (AvgIpc) is 2.32. The third-order valence-electron chi connectivity index (χ3n) is 2.42. The Balaban J connectivity index is 4.55. The highest BCUT2D eigenvalue weighted by Crippen LogP contribution is 2.29. The molecule has 0 aromatic carbocycles. The quantitative estimate of drug-likeness (QED) is 0.407. The molecule has 4 nitrogen and oxygen atoms in total. The van der Waals surface area contributed by atoms with Crippen molar-refractivity contribution in [3.63, 3.8) is 0 Å². The second-order valence-electron chi connectivity index (χ2n) is 5.33. The number of rotatable bonds is 7. The van der Waals surface area contributed by atoms with Crippen LogP contribution in [0.5, 0.6) is 0 Å². The Bertz CT molecular complexity index is 440. The van der Waals surface area contributed by atoms with Crippen LogP contribution in [0.3, 0.4) is 0 Å². The smallest absolute Gasteiger partial charge is 0.422 e. The second-order valence-corrected chi connectivity index (χ2v) is 5.33. The molecule has 0 aliphatic rings. The molecule has 0 unspecified atom stereocenters. The van der Waals surface area contributed by atoms with E-state index in [0.717, 1.165) is 0 Å². The molecule has 0 fully saturated rings. The zero-order valence-electron chi connectivity index (χ0n) is 12.4. The lowest BCUT2D eigenvalue weighted by Crippen LogP contribution is -2.37. The van der Waals surface area contributed by atoms with E-state index < -0.39 is 49.1 Å². The number of hydrogen-bond acceptors (Lipinski definition) is 4. The normalized spacial score (nSPS) is 12.7. The van der Waals surface area contributed by atoms with Crippen molar-refractivity contribution < 1.29 is 41.0 Å². The highest BCUT2D eigenvalue weighted by Gasteiger charge is 2.44. The lowest BCUT2D eigenvalue weighted by Gasteiger charge is -2.27. The molecule has 0 spiro atoms. The topological polar surface area (TPSA) is 52.6 Å². The summed E-state index contributed by atoms with van der Waals surface area (Å²) >= 11 is 0. The first-order valence-corrected chi connectivity index (χ1v) is 6.17. The van der Waals surface area contributed by atoms with Crippen LogP contribution in [0.25, 0.3) is 0 Å². The summed E-state index contributed by atoms with van der Waals surface area (Å²) in [6.07, 6.45) is -6.47. The second kappa shape index (κ2) is 7.06. The average molecular weight is 332 g/mol. The number of carbonyl (C=O) groups is 2. The van der Waals surface area contributed by atoms with Gasteiger partial charge in [0.05, 0.1) is 0 Å². The van der Waals surface area contributed by atoms with Gasteiger partial charge in [-0.2, -0.15) is 22.0 Å². The SMILES string of the molecule is C=C(C)C(=O)OC(C)(C)CCC(F)(F)C(=O)OCC(F)(F)F. The highest BCUT2D eigenvalue weighted by atomic mass is 19.4. The van der Waals surface area contributed by atoms with Gasteiger partial charge in [0, 0.05) is 12.0 Å². The Morgan fingerprint density at radius 1 is 1.05 bits per heavy atom. The van der Waals surface area contributed by atoms with E-state index in [9.17, 15) is 31.5 Å². The van der Waals surface area contributed by atoms with E-state index in [-0.39, 0.29) is 5.57 Å². The molecule has 128 valence electrons. The molecule has 0 heterocycles. The Hall–Kier alpha value is -1.67. The molecular weight excluding hydrogens is 315 g/mol. The van der Waals surface area contributed by atoms with Crippen LogP contribution in [-0.4, -0.2) is 36.2 Å². The van der Waals surface area contributed by atoms with Crippen LogP contribution >= 0.6 is 0 Å². The molecule has 0 aliphatic heterocycles. The molecule has 22 heavy (non-hydrogen) atoms. The Kier molecular flexibility index (Phi) is 6.52. The third-order valence-corrected chi connectivity index (χ3v) is 2.42. The van der Waals surface area contributed by atoms with Gasteiger partial charge in [-0.25, -0.2) is 9.59 Å². The van der Waals surface area contributed by atoms with Gasteiger partial charge in [0.1, 0.15) is 5.60 Å². The van der Waals surface area contributed by atoms with Gasteiger partial charge in [0.15, 0.2) is 6.61 Å². The van der Waals surface area contributed by atoms with E-state index in [2.05, 4.69) is 11.3 Å². The molecule has 0 N–H and O–H groups in total. The van der Waals surface area contributed by atoms with Gasteiger partial charge >= 0.3 is 24.0 Å². The van der Waals surface area contributed by atoms with Gasteiger partial charge in [0.2, 0.25) is 0 Å². The van der Waals surface area contributed by atoms with E-state index in [1.807, 2.05) is 0 Å². The number of halogens is 5. The fourth-order valence-electron chi connectivity index (χ4n) is 1.20. The minimum atomic E-state index is -4.89.